The molecule has 27 heavy (non-hydrogen) atoms. The van der Waals surface area contributed by atoms with Crippen molar-refractivity contribution in [3.8, 4) is 0 Å². The van der Waals surface area contributed by atoms with Crippen molar-refractivity contribution in [2.24, 2.45) is 0 Å². The van der Waals surface area contributed by atoms with Crippen LogP contribution in [0.5, 0.6) is 0 Å². The number of para-hydroxylation sites is 2. The Morgan fingerprint density at radius 1 is 1.04 bits per heavy atom. The van der Waals surface area contributed by atoms with Gasteiger partial charge in [-0.3, -0.25) is 9.10 Å². The largest absolute Gasteiger partial charge is 0.324 e. The van der Waals surface area contributed by atoms with Gasteiger partial charge >= 0.3 is 0 Å². The lowest BCUT2D eigenvalue weighted by molar-refractivity contribution is -0.114. The van der Waals surface area contributed by atoms with Crippen molar-refractivity contribution >= 4 is 27.3 Å². The van der Waals surface area contributed by atoms with Crippen molar-refractivity contribution in [1.29, 1.82) is 0 Å². The van der Waals surface area contributed by atoms with Gasteiger partial charge in [-0.15, -0.1) is 0 Å². The van der Waals surface area contributed by atoms with E-state index >= 15 is 0 Å². The molecule has 0 aliphatic carbocycles. The molecule has 2 aromatic rings. The summed E-state index contributed by atoms with van der Waals surface area (Å²) in [5, 5.41) is 2.64. The van der Waals surface area contributed by atoms with Crippen LogP contribution in [0.3, 0.4) is 0 Å². The molecule has 0 saturated heterocycles. The smallest absolute Gasteiger partial charge is 0.245 e. The number of hydrogen-bond donors (Lipinski definition) is 1. The Balaban J connectivity index is 2.35. The van der Waals surface area contributed by atoms with Gasteiger partial charge in [0.15, 0.2) is 11.6 Å². The Kier molecular flexibility index (Phi) is 5.89. The van der Waals surface area contributed by atoms with Crippen LogP contribution in [0.15, 0.2) is 42.5 Å². The van der Waals surface area contributed by atoms with Gasteiger partial charge in [-0.05, 0) is 29.2 Å². The minimum atomic E-state index is -4.10. The average molecular weight is 396 g/mol. The number of anilines is 2. The maximum atomic E-state index is 14.1. The number of nitrogens with one attached hydrogen (secondary N) is 1. The number of carbonyl (C=O) groups is 1. The third kappa shape index (κ3) is 5.03. The Hall–Kier alpha value is -2.48. The fourth-order valence-corrected chi connectivity index (χ4v) is 3.51. The number of rotatable bonds is 5. The Bertz CT molecular complexity index is 933. The number of amides is 1. The Morgan fingerprint density at radius 3 is 2.11 bits per heavy atom. The van der Waals surface area contributed by atoms with Crippen molar-refractivity contribution in [2.75, 3.05) is 22.4 Å². The first-order valence-corrected chi connectivity index (χ1v) is 10.1. The van der Waals surface area contributed by atoms with E-state index in [1.54, 1.807) is 12.1 Å². The van der Waals surface area contributed by atoms with Gasteiger partial charge in [0.25, 0.3) is 0 Å². The summed E-state index contributed by atoms with van der Waals surface area (Å²) in [6, 6.07) is 10.1. The molecule has 0 atom stereocenters. The topological polar surface area (TPSA) is 66.5 Å². The first-order valence-electron chi connectivity index (χ1n) is 8.22. The van der Waals surface area contributed by atoms with Gasteiger partial charge in [-0.2, -0.15) is 0 Å². The van der Waals surface area contributed by atoms with Crippen LogP contribution in [0.1, 0.15) is 26.3 Å². The van der Waals surface area contributed by atoms with Crippen molar-refractivity contribution in [3.05, 3.63) is 59.7 Å². The van der Waals surface area contributed by atoms with Gasteiger partial charge in [0.2, 0.25) is 15.9 Å². The lowest BCUT2D eigenvalue weighted by atomic mass is 9.86. The monoisotopic (exact) mass is 396 g/mol. The summed E-state index contributed by atoms with van der Waals surface area (Å²) >= 11 is 0. The summed E-state index contributed by atoms with van der Waals surface area (Å²) in [4.78, 5) is 12.5. The van der Waals surface area contributed by atoms with E-state index in [1.807, 2.05) is 32.9 Å². The van der Waals surface area contributed by atoms with Gasteiger partial charge in [0.1, 0.15) is 12.2 Å². The second kappa shape index (κ2) is 7.64. The highest BCUT2D eigenvalue weighted by atomic mass is 32.2. The fraction of sp³-hybridized carbons (Fsp3) is 0.316. The number of carbonyl (C=O) groups excluding carboxylic acids is 1. The fourth-order valence-electron chi connectivity index (χ4n) is 2.66. The molecule has 1 amide bonds. The van der Waals surface area contributed by atoms with E-state index in [-0.39, 0.29) is 5.41 Å². The molecule has 0 unspecified atom stereocenters. The summed E-state index contributed by atoms with van der Waals surface area (Å²) < 4.78 is 52.7. The molecule has 0 radical (unpaired) electrons. The predicted molar refractivity (Wildman–Crippen MR) is 102 cm³/mol. The van der Waals surface area contributed by atoms with Crippen molar-refractivity contribution < 1.29 is 22.0 Å². The molecule has 146 valence electrons. The molecule has 0 heterocycles. The molecule has 2 aromatic carbocycles. The van der Waals surface area contributed by atoms with Gasteiger partial charge in [0.05, 0.1) is 6.26 Å². The summed E-state index contributed by atoms with van der Waals surface area (Å²) in [5.74, 6) is -2.84. The minimum Gasteiger partial charge on any atom is -0.324 e. The highest BCUT2D eigenvalue weighted by molar-refractivity contribution is 7.92. The molecule has 8 heteroatoms. The molecular formula is C19H22F2N2O3S. The van der Waals surface area contributed by atoms with Crippen molar-refractivity contribution in [3.63, 3.8) is 0 Å². The molecule has 0 aromatic heterocycles. The van der Waals surface area contributed by atoms with Crippen LogP contribution in [0.25, 0.3) is 0 Å². The second-order valence-corrected chi connectivity index (χ2v) is 9.09. The van der Waals surface area contributed by atoms with Crippen LogP contribution in [0.4, 0.5) is 20.2 Å². The molecule has 0 aliphatic heterocycles. The third-order valence-corrected chi connectivity index (χ3v) is 5.00. The van der Waals surface area contributed by atoms with E-state index in [0.29, 0.717) is 9.99 Å². The molecule has 0 fully saturated rings. The number of hydrogen-bond acceptors (Lipinski definition) is 3. The van der Waals surface area contributed by atoms with Gasteiger partial charge in [-0.1, -0.05) is 45.0 Å². The van der Waals surface area contributed by atoms with Crippen LogP contribution in [0, 0.1) is 11.6 Å². The molecule has 0 saturated carbocycles. The molecule has 0 aliphatic rings. The molecular weight excluding hydrogens is 374 g/mol. The first kappa shape index (κ1) is 20.8. The number of halogens is 2. The highest BCUT2D eigenvalue weighted by Gasteiger charge is 2.27. The highest BCUT2D eigenvalue weighted by Crippen LogP contribution is 2.30. The Morgan fingerprint density at radius 2 is 1.59 bits per heavy atom. The first-order chi connectivity index (χ1) is 12.4. The van der Waals surface area contributed by atoms with Crippen LogP contribution < -0.4 is 9.62 Å². The van der Waals surface area contributed by atoms with Gasteiger partial charge < -0.3 is 5.32 Å². The quantitative estimate of drug-likeness (QED) is 0.839. The molecule has 0 spiro atoms. The van der Waals surface area contributed by atoms with Crippen molar-refractivity contribution in [1.82, 2.24) is 0 Å². The van der Waals surface area contributed by atoms with E-state index in [9.17, 15) is 22.0 Å². The van der Waals surface area contributed by atoms with Crippen LogP contribution in [-0.2, 0) is 20.2 Å². The van der Waals surface area contributed by atoms with E-state index in [0.717, 1.165) is 30.0 Å². The van der Waals surface area contributed by atoms with E-state index in [2.05, 4.69) is 5.32 Å². The second-order valence-electron chi connectivity index (χ2n) is 7.18. The summed E-state index contributed by atoms with van der Waals surface area (Å²) in [5.41, 5.74) is 0.316. The van der Waals surface area contributed by atoms with Gasteiger partial charge in [-0.25, -0.2) is 17.2 Å². The molecule has 5 nitrogen and oxygen atoms in total. The molecule has 2 rings (SSSR count). The average Bonchev–Trinajstić information content (AvgIpc) is 2.52. The van der Waals surface area contributed by atoms with Gasteiger partial charge in [0, 0.05) is 5.69 Å². The maximum absolute atomic E-state index is 14.1. The zero-order valence-electron chi connectivity index (χ0n) is 15.6. The zero-order valence-corrected chi connectivity index (χ0v) is 16.4. The maximum Gasteiger partial charge on any atom is 0.245 e. The van der Waals surface area contributed by atoms with Crippen LogP contribution in [0.2, 0.25) is 0 Å². The van der Waals surface area contributed by atoms with E-state index in [1.165, 1.54) is 0 Å². The minimum absolute atomic E-state index is 0.266. The lowest BCUT2D eigenvalue weighted by Crippen LogP contribution is -2.38. The summed E-state index contributed by atoms with van der Waals surface area (Å²) in [6.45, 7) is 5.15. The lowest BCUT2D eigenvalue weighted by Gasteiger charge is -2.25. The van der Waals surface area contributed by atoms with E-state index in [4.69, 9.17) is 0 Å². The zero-order chi connectivity index (χ0) is 20.4. The van der Waals surface area contributed by atoms with E-state index < -0.39 is 39.8 Å². The summed E-state index contributed by atoms with van der Waals surface area (Å²) in [7, 11) is -4.10. The number of nitrogens with zero attached hydrogens (tertiary/aromatic N) is 1. The SMILES string of the molecule is CC(C)(C)c1ccccc1NC(=O)CN(c1c(F)cccc1F)S(C)(=O)=O. The van der Waals surface area contributed by atoms with Crippen molar-refractivity contribution in [2.45, 2.75) is 26.2 Å². The molecule has 1 N–H and O–H groups in total. The number of benzene rings is 2. The van der Waals surface area contributed by atoms with Crippen LogP contribution in [-0.4, -0.2) is 27.1 Å². The Labute approximate surface area is 158 Å². The standard InChI is InChI=1S/C19H22F2N2O3S/c1-19(2,3)13-8-5-6-11-16(13)22-17(24)12-23(27(4,25)26)18-14(20)9-7-10-15(18)21/h5-11H,12H2,1-4H3,(H,22,24). The third-order valence-electron chi connectivity index (χ3n) is 3.88. The normalized spacial score (nSPS) is 11.9. The van der Waals surface area contributed by atoms with Crippen LogP contribution >= 0.6 is 0 Å². The predicted octanol–water partition coefficient (Wildman–Crippen LogP) is 3.67. The summed E-state index contributed by atoms with van der Waals surface area (Å²) in [6.07, 6.45) is 0.787. The molecule has 0 bridgehead atoms. The number of sulfonamides is 1.